The molecule has 1 aromatic carbocycles. The molecule has 0 aromatic heterocycles. The Labute approximate surface area is 112 Å². The number of hydrogen-bond acceptors (Lipinski definition) is 4. The highest BCUT2D eigenvalue weighted by Gasteiger charge is 2.51. The number of hydrogen-bond donors (Lipinski definition) is 2. The lowest BCUT2D eigenvalue weighted by Crippen LogP contribution is -2.72. The van der Waals surface area contributed by atoms with E-state index in [0.717, 1.165) is 19.4 Å². The second kappa shape index (κ2) is 5.19. The van der Waals surface area contributed by atoms with Crippen molar-refractivity contribution in [3.8, 4) is 5.75 Å². The van der Waals surface area contributed by atoms with Crippen LogP contribution in [0.2, 0.25) is 0 Å². The molecule has 1 amide bonds. The maximum Gasteiger partial charge on any atom is 0.412 e. The predicted molar refractivity (Wildman–Crippen MR) is 69.8 cm³/mol. The summed E-state index contributed by atoms with van der Waals surface area (Å²) in [6, 6.07) is 8.80. The first kappa shape index (κ1) is 12.4. The first-order chi connectivity index (χ1) is 9.25. The first-order valence-corrected chi connectivity index (χ1v) is 6.66. The van der Waals surface area contributed by atoms with Crippen molar-refractivity contribution in [3.05, 3.63) is 30.3 Å². The van der Waals surface area contributed by atoms with Gasteiger partial charge in [-0.2, -0.15) is 0 Å². The molecule has 5 nitrogen and oxygen atoms in total. The number of nitrogens with two attached hydrogens (primary N) is 1. The topological polar surface area (TPSA) is 73.6 Å². The van der Waals surface area contributed by atoms with Crippen molar-refractivity contribution in [3.63, 3.8) is 0 Å². The number of rotatable bonds is 2. The van der Waals surface area contributed by atoms with Gasteiger partial charge >= 0.3 is 6.09 Å². The van der Waals surface area contributed by atoms with Crippen LogP contribution in [0, 0.1) is 5.92 Å². The minimum atomic E-state index is -0.473. The van der Waals surface area contributed by atoms with E-state index in [-0.39, 0.29) is 18.2 Å². The molecule has 19 heavy (non-hydrogen) atoms. The molecule has 102 valence electrons. The summed E-state index contributed by atoms with van der Waals surface area (Å²) < 4.78 is 10.8. The number of amides is 1. The van der Waals surface area contributed by atoms with E-state index in [4.69, 9.17) is 15.2 Å². The molecule has 1 saturated carbocycles. The van der Waals surface area contributed by atoms with Gasteiger partial charge in [0.05, 0.1) is 12.1 Å². The van der Waals surface area contributed by atoms with Crippen molar-refractivity contribution >= 4 is 6.09 Å². The van der Waals surface area contributed by atoms with Gasteiger partial charge in [-0.25, -0.2) is 4.79 Å². The van der Waals surface area contributed by atoms with Crippen LogP contribution in [-0.2, 0) is 4.74 Å². The van der Waals surface area contributed by atoms with Crippen molar-refractivity contribution in [1.29, 1.82) is 0 Å². The molecule has 1 aliphatic heterocycles. The summed E-state index contributed by atoms with van der Waals surface area (Å²) in [6.45, 7) is 0.750. The summed E-state index contributed by atoms with van der Waals surface area (Å²) in [5.41, 5.74) is 6.07. The Morgan fingerprint density at radius 3 is 2.95 bits per heavy atom. The van der Waals surface area contributed by atoms with Crippen LogP contribution in [0.25, 0.3) is 0 Å². The standard InChI is InChI=1S/C14H18N2O3/c15-11-10-7-4-8-18-13(10)12(11)16-14(17)19-9-5-2-1-3-6-9/h1-3,5-6,10-13H,4,7-8,15H2,(H,16,17). The van der Waals surface area contributed by atoms with Crippen LogP contribution in [0.4, 0.5) is 4.79 Å². The zero-order chi connectivity index (χ0) is 13.2. The van der Waals surface area contributed by atoms with Gasteiger partial charge in [-0.15, -0.1) is 0 Å². The Balaban J connectivity index is 1.55. The van der Waals surface area contributed by atoms with Crippen LogP contribution in [0.5, 0.6) is 5.75 Å². The van der Waals surface area contributed by atoms with Crippen LogP contribution in [0.15, 0.2) is 30.3 Å². The zero-order valence-corrected chi connectivity index (χ0v) is 10.6. The summed E-state index contributed by atoms with van der Waals surface area (Å²) in [5.74, 6) is 0.893. The van der Waals surface area contributed by atoms with Crippen LogP contribution in [-0.4, -0.2) is 30.9 Å². The molecule has 1 heterocycles. The second-order valence-electron chi connectivity index (χ2n) is 5.09. The minimum absolute atomic E-state index is 0.0337. The number of fused-ring (bicyclic) bond motifs is 1. The molecule has 1 aliphatic carbocycles. The highest BCUT2D eigenvalue weighted by Crippen LogP contribution is 2.36. The quantitative estimate of drug-likeness (QED) is 0.842. The van der Waals surface area contributed by atoms with E-state index in [1.165, 1.54) is 0 Å². The lowest BCUT2D eigenvalue weighted by atomic mass is 9.69. The smallest absolute Gasteiger partial charge is 0.410 e. The van der Waals surface area contributed by atoms with Gasteiger partial charge in [0.15, 0.2) is 0 Å². The Bertz CT molecular complexity index is 451. The highest BCUT2D eigenvalue weighted by atomic mass is 16.6. The second-order valence-corrected chi connectivity index (χ2v) is 5.09. The maximum atomic E-state index is 11.8. The number of benzene rings is 1. The number of ether oxygens (including phenoxy) is 2. The first-order valence-electron chi connectivity index (χ1n) is 6.66. The number of nitrogens with one attached hydrogen (secondary N) is 1. The van der Waals surface area contributed by atoms with Gasteiger partial charge in [0.1, 0.15) is 5.75 Å². The van der Waals surface area contributed by atoms with Crippen molar-refractivity contribution in [2.75, 3.05) is 6.61 Å². The number of para-hydroxylation sites is 1. The fourth-order valence-corrected chi connectivity index (χ4v) is 2.89. The van der Waals surface area contributed by atoms with Crippen LogP contribution in [0.3, 0.4) is 0 Å². The Kier molecular flexibility index (Phi) is 3.40. The van der Waals surface area contributed by atoms with Crippen molar-refractivity contribution < 1.29 is 14.3 Å². The Hall–Kier alpha value is -1.59. The molecule has 3 rings (SSSR count). The summed E-state index contributed by atoms with van der Waals surface area (Å²) in [6.07, 6.45) is 1.71. The average molecular weight is 262 g/mol. The van der Waals surface area contributed by atoms with Gasteiger partial charge in [0.25, 0.3) is 0 Å². The van der Waals surface area contributed by atoms with E-state index in [9.17, 15) is 4.79 Å². The van der Waals surface area contributed by atoms with E-state index < -0.39 is 6.09 Å². The number of carbonyl (C=O) groups is 1. The fraction of sp³-hybridized carbons (Fsp3) is 0.500. The van der Waals surface area contributed by atoms with Crippen LogP contribution >= 0.6 is 0 Å². The van der Waals surface area contributed by atoms with Gasteiger partial charge in [-0.1, -0.05) is 18.2 Å². The third-order valence-corrected chi connectivity index (χ3v) is 3.92. The molecular weight excluding hydrogens is 244 g/mol. The van der Waals surface area contributed by atoms with Gasteiger partial charge in [-0.3, -0.25) is 0 Å². The average Bonchev–Trinajstić information content (AvgIpc) is 2.45. The molecule has 1 saturated heterocycles. The van der Waals surface area contributed by atoms with Crippen molar-refractivity contribution in [2.45, 2.75) is 31.0 Å². The van der Waals surface area contributed by atoms with Gasteiger partial charge in [0.2, 0.25) is 0 Å². The van der Waals surface area contributed by atoms with E-state index in [0.29, 0.717) is 11.7 Å². The molecule has 0 bridgehead atoms. The predicted octanol–water partition coefficient (Wildman–Crippen LogP) is 1.28. The van der Waals surface area contributed by atoms with Crippen LogP contribution < -0.4 is 15.8 Å². The summed E-state index contributed by atoms with van der Waals surface area (Å²) in [7, 11) is 0. The lowest BCUT2D eigenvalue weighted by Gasteiger charge is -2.52. The molecule has 1 aromatic rings. The van der Waals surface area contributed by atoms with E-state index in [1.807, 2.05) is 18.2 Å². The Morgan fingerprint density at radius 1 is 1.37 bits per heavy atom. The SMILES string of the molecule is NC1C2CCCOC2C1NC(=O)Oc1ccccc1. The monoisotopic (exact) mass is 262 g/mol. The van der Waals surface area contributed by atoms with Crippen molar-refractivity contribution in [1.82, 2.24) is 5.32 Å². The fourth-order valence-electron chi connectivity index (χ4n) is 2.89. The molecule has 2 fully saturated rings. The third kappa shape index (κ3) is 2.43. The van der Waals surface area contributed by atoms with E-state index in [2.05, 4.69) is 5.32 Å². The van der Waals surface area contributed by atoms with E-state index in [1.54, 1.807) is 12.1 Å². The molecular formula is C14H18N2O3. The molecule has 2 aliphatic rings. The summed E-state index contributed by atoms with van der Waals surface area (Å²) in [4.78, 5) is 11.8. The molecule has 4 unspecified atom stereocenters. The summed E-state index contributed by atoms with van der Waals surface area (Å²) in [5, 5.41) is 2.80. The maximum absolute atomic E-state index is 11.8. The number of carbonyl (C=O) groups excluding carboxylic acids is 1. The van der Waals surface area contributed by atoms with Gasteiger partial charge < -0.3 is 20.5 Å². The zero-order valence-electron chi connectivity index (χ0n) is 10.6. The van der Waals surface area contributed by atoms with Gasteiger partial charge in [0, 0.05) is 18.6 Å². The molecule has 0 radical (unpaired) electrons. The Morgan fingerprint density at radius 2 is 2.16 bits per heavy atom. The minimum Gasteiger partial charge on any atom is -0.410 e. The lowest BCUT2D eigenvalue weighted by molar-refractivity contribution is -0.117. The highest BCUT2D eigenvalue weighted by molar-refractivity contribution is 5.71. The largest absolute Gasteiger partial charge is 0.412 e. The molecule has 0 spiro atoms. The molecule has 4 atom stereocenters. The van der Waals surface area contributed by atoms with Crippen molar-refractivity contribution in [2.24, 2.45) is 11.7 Å². The summed E-state index contributed by atoms with van der Waals surface area (Å²) >= 11 is 0. The van der Waals surface area contributed by atoms with Crippen LogP contribution in [0.1, 0.15) is 12.8 Å². The van der Waals surface area contributed by atoms with Gasteiger partial charge in [-0.05, 0) is 25.0 Å². The third-order valence-electron chi connectivity index (χ3n) is 3.92. The molecule has 3 N–H and O–H groups in total. The normalized spacial score (nSPS) is 32.9. The van der Waals surface area contributed by atoms with E-state index >= 15 is 0 Å². The molecule has 5 heteroatoms.